The van der Waals surface area contributed by atoms with E-state index in [1.165, 1.54) is 0 Å². The highest BCUT2D eigenvalue weighted by molar-refractivity contribution is 8.00. The van der Waals surface area contributed by atoms with Gasteiger partial charge in [-0.25, -0.2) is 0 Å². The van der Waals surface area contributed by atoms with Gasteiger partial charge in [-0.1, -0.05) is 12.1 Å². The number of ether oxygens (including phenoxy) is 2. The van der Waals surface area contributed by atoms with Crippen LogP contribution in [0.1, 0.15) is 6.42 Å². The number of thioether (sulfide) groups is 1. The van der Waals surface area contributed by atoms with Crippen LogP contribution in [0.4, 0.5) is 0 Å². The molecule has 17 heavy (non-hydrogen) atoms. The molecule has 0 saturated carbocycles. The second kappa shape index (κ2) is 5.96. The molecule has 4 heteroatoms. The van der Waals surface area contributed by atoms with E-state index in [9.17, 15) is 4.79 Å². The maximum atomic E-state index is 11.4. The summed E-state index contributed by atoms with van der Waals surface area (Å²) < 4.78 is 10.8. The molecule has 0 amide bonds. The molecule has 1 fully saturated rings. The van der Waals surface area contributed by atoms with E-state index in [0.29, 0.717) is 18.1 Å². The molecule has 1 unspecified atom stereocenters. The first-order chi connectivity index (χ1) is 8.31. The van der Waals surface area contributed by atoms with E-state index in [4.69, 9.17) is 9.47 Å². The minimum Gasteiger partial charge on any atom is -0.493 e. The van der Waals surface area contributed by atoms with Crippen molar-refractivity contribution in [3.8, 4) is 11.5 Å². The van der Waals surface area contributed by atoms with Crippen LogP contribution < -0.4 is 9.47 Å². The molecule has 0 N–H and O–H groups in total. The van der Waals surface area contributed by atoms with Gasteiger partial charge in [-0.3, -0.25) is 4.79 Å². The fourth-order valence-corrected chi connectivity index (χ4v) is 3.00. The van der Waals surface area contributed by atoms with Gasteiger partial charge in [0.05, 0.1) is 19.5 Å². The zero-order chi connectivity index (χ0) is 12.1. The fourth-order valence-electron chi connectivity index (χ4n) is 1.81. The molecule has 1 saturated heterocycles. The molecule has 92 valence electrons. The predicted molar refractivity (Wildman–Crippen MR) is 68.9 cm³/mol. The summed E-state index contributed by atoms with van der Waals surface area (Å²) in [5.41, 5.74) is 0. The Morgan fingerprint density at radius 2 is 2.12 bits per heavy atom. The van der Waals surface area contributed by atoms with E-state index in [1.54, 1.807) is 18.9 Å². The predicted octanol–water partition coefficient (Wildman–Crippen LogP) is 2.40. The molecule has 3 nitrogen and oxygen atoms in total. The molecule has 1 aromatic rings. The number of rotatable bonds is 5. The lowest BCUT2D eigenvalue weighted by Crippen LogP contribution is -2.14. The van der Waals surface area contributed by atoms with Crippen LogP contribution >= 0.6 is 11.8 Å². The molecular weight excluding hydrogens is 236 g/mol. The Labute approximate surface area is 105 Å². The SMILES string of the molecule is COc1ccccc1OCCC1CSCC1=O. The van der Waals surface area contributed by atoms with Crippen LogP contribution in [0.15, 0.2) is 24.3 Å². The lowest BCUT2D eigenvalue weighted by atomic mass is 10.1. The summed E-state index contributed by atoms with van der Waals surface area (Å²) in [5.74, 6) is 3.62. The molecule has 1 aliphatic heterocycles. The van der Waals surface area contributed by atoms with Crippen molar-refractivity contribution in [3.05, 3.63) is 24.3 Å². The Bertz CT molecular complexity index is 392. The van der Waals surface area contributed by atoms with Crippen LogP contribution in [0.2, 0.25) is 0 Å². The molecule has 0 aromatic heterocycles. The van der Waals surface area contributed by atoms with Crippen LogP contribution in [-0.4, -0.2) is 31.0 Å². The summed E-state index contributed by atoms with van der Waals surface area (Å²) in [6.07, 6.45) is 0.796. The Morgan fingerprint density at radius 1 is 1.35 bits per heavy atom. The molecule has 1 aromatic carbocycles. The molecule has 0 aliphatic carbocycles. The normalized spacial score (nSPS) is 19.4. The van der Waals surface area contributed by atoms with Crippen LogP contribution in [-0.2, 0) is 4.79 Å². The number of para-hydroxylation sites is 2. The first-order valence-electron chi connectivity index (χ1n) is 5.67. The van der Waals surface area contributed by atoms with Crippen molar-refractivity contribution >= 4 is 17.5 Å². The maximum Gasteiger partial charge on any atom is 0.161 e. The number of hydrogen-bond acceptors (Lipinski definition) is 4. The fraction of sp³-hybridized carbons (Fsp3) is 0.462. The number of Topliss-reactive ketones (excluding diaryl/α,β-unsaturated/α-hetero) is 1. The van der Waals surface area contributed by atoms with Crippen molar-refractivity contribution in [2.75, 3.05) is 25.2 Å². The maximum absolute atomic E-state index is 11.4. The van der Waals surface area contributed by atoms with Crippen LogP contribution in [0, 0.1) is 5.92 Å². The van der Waals surface area contributed by atoms with Crippen molar-refractivity contribution in [2.45, 2.75) is 6.42 Å². The van der Waals surface area contributed by atoms with Crippen LogP contribution in [0.5, 0.6) is 11.5 Å². The highest BCUT2D eigenvalue weighted by Gasteiger charge is 2.24. The van der Waals surface area contributed by atoms with Crippen molar-refractivity contribution < 1.29 is 14.3 Å². The molecule has 1 aliphatic rings. The molecule has 1 heterocycles. The van der Waals surface area contributed by atoms with Gasteiger partial charge < -0.3 is 9.47 Å². The molecule has 0 radical (unpaired) electrons. The summed E-state index contributed by atoms with van der Waals surface area (Å²) in [7, 11) is 1.62. The quantitative estimate of drug-likeness (QED) is 0.806. The van der Waals surface area contributed by atoms with Gasteiger partial charge in [-0.05, 0) is 18.6 Å². The first-order valence-corrected chi connectivity index (χ1v) is 6.83. The second-order valence-electron chi connectivity index (χ2n) is 3.97. The Morgan fingerprint density at radius 3 is 2.76 bits per heavy atom. The number of benzene rings is 1. The van der Waals surface area contributed by atoms with Crippen LogP contribution in [0.25, 0.3) is 0 Å². The standard InChI is InChI=1S/C13H16O3S/c1-15-12-4-2-3-5-13(12)16-7-6-10-8-17-9-11(10)14/h2-5,10H,6-9H2,1H3. The number of ketones is 1. The van der Waals surface area contributed by atoms with Crippen molar-refractivity contribution in [1.82, 2.24) is 0 Å². The first kappa shape index (κ1) is 12.3. The molecule has 0 bridgehead atoms. The minimum atomic E-state index is 0.176. The smallest absolute Gasteiger partial charge is 0.161 e. The average Bonchev–Trinajstić information content (AvgIpc) is 2.76. The summed E-state index contributed by atoms with van der Waals surface area (Å²) in [5, 5.41) is 0. The third-order valence-electron chi connectivity index (χ3n) is 2.81. The van der Waals surface area contributed by atoms with Gasteiger partial charge in [0.1, 0.15) is 5.78 Å². The monoisotopic (exact) mass is 252 g/mol. The molecular formula is C13H16O3S. The molecule has 2 rings (SSSR count). The summed E-state index contributed by atoms with van der Waals surface area (Å²) >= 11 is 1.71. The van der Waals surface area contributed by atoms with Gasteiger partial charge in [0, 0.05) is 11.7 Å². The van der Waals surface area contributed by atoms with Gasteiger partial charge in [-0.15, -0.1) is 0 Å². The number of methoxy groups -OCH3 is 1. The lowest BCUT2D eigenvalue weighted by Gasteiger charge is -2.11. The lowest BCUT2D eigenvalue weighted by molar-refractivity contribution is -0.119. The Hall–Kier alpha value is -1.16. The van der Waals surface area contributed by atoms with Gasteiger partial charge in [0.25, 0.3) is 0 Å². The van der Waals surface area contributed by atoms with E-state index < -0.39 is 0 Å². The third-order valence-corrected chi connectivity index (χ3v) is 3.94. The highest BCUT2D eigenvalue weighted by atomic mass is 32.2. The Balaban J connectivity index is 1.83. The zero-order valence-corrected chi connectivity index (χ0v) is 10.7. The zero-order valence-electron chi connectivity index (χ0n) is 9.85. The van der Waals surface area contributed by atoms with E-state index in [2.05, 4.69) is 0 Å². The number of carbonyl (C=O) groups excluding carboxylic acids is 1. The van der Waals surface area contributed by atoms with E-state index in [0.717, 1.165) is 23.7 Å². The summed E-state index contributed by atoms with van der Waals surface area (Å²) in [6, 6.07) is 7.56. The summed E-state index contributed by atoms with van der Waals surface area (Å²) in [6.45, 7) is 0.567. The van der Waals surface area contributed by atoms with Gasteiger partial charge in [0.15, 0.2) is 11.5 Å². The summed E-state index contributed by atoms with van der Waals surface area (Å²) in [4.78, 5) is 11.4. The van der Waals surface area contributed by atoms with Crippen LogP contribution in [0.3, 0.4) is 0 Å². The second-order valence-corrected chi connectivity index (χ2v) is 5.00. The van der Waals surface area contributed by atoms with Crippen molar-refractivity contribution in [3.63, 3.8) is 0 Å². The largest absolute Gasteiger partial charge is 0.493 e. The van der Waals surface area contributed by atoms with E-state index in [1.807, 2.05) is 24.3 Å². The minimum absolute atomic E-state index is 0.176. The number of hydrogen-bond donors (Lipinski definition) is 0. The van der Waals surface area contributed by atoms with Crippen molar-refractivity contribution in [1.29, 1.82) is 0 Å². The third kappa shape index (κ3) is 3.16. The van der Waals surface area contributed by atoms with Gasteiger partial charge in [-0.2, -0.15) is 11.8 Å². The van der Waals surface area contributed by atoms with E-state index >= 15 is 0 Å². The number of carbonyl (C=O) groups is 1. The van der Waals surface area contributed by atoms with Gasteiger partial charge >= 0.3 is 0 Å². The molecule has 1 atom stereocenters. The molecule has 0 spiro atoms. The topological polar surface area (TPSA) is 35.5 Å². The van der Waals surface area contributed by atoms with E-state index in [-0.39, 0.29) is 5.92 Å². The highest BCUT2D eigenvalue weighted by Crippen LogP contribution is 2.27. The Kier molecular flexibility index (Phi) is 4.31. The van der Waals surface area contributed by atoms with Gasteiger partial charge in [0.2, 0.25) is 0 Å². The van der Waals surface area contributed by atoms with Crippen molar-refractivity contribution in [2.24, 2.45) is 5.92 Å². The average molecular weight is 252 g/mol.